The molecule has 4 rings (SSSR count). The normalized spacial score (nSPS) is 20.7. The van der Waals surface area contributed by atoms with Crippen LogP contribution in [-0.4, -0.2) is 39.5 Å². The van der Waals surface area contributed by atoms with Gasteiger partial charge in [0, 0.05) is 23.5 Å². The molecule has 1 aliphatic carbocycles. The fourth-order valence-electron chi connectivity index (χ4n) is 3.71. The van der Waals surface area contributed by atoms with Crippen molar-refractivity contribution in [3.8, 4) is 0 Å². The molecule has 0 radical (unpaired) electrons. The van der Waals surface area contributed by atoms with E-state index < -0.39 is 12.0 Å². The Bertz CT molecular complexity index is 857. The van der Waals surface area contributed by atoms with Crippen molar-refractivity contribution in [1.29, 1.82) is 0 Å². The highest BCUT2D eigenvalue weighted by Crippen LogP contribution is 2.40. The first-order valence-electron chi connectivity index (χ1n) is 8.99. The topological polar surface area (TPSA) is 70.5 Å². The number of nitrogens with zero attached hydrogens (tertiary/aromatic N) is 2. The average molecular weight is 338 g/mol. The van der Waals surface area contributed by atoms with Gasteiger partial charge in [0.2, 0.25) is 0 Å². The highest BCUT2D eigenvalue weighted by molar-refractivity contribution is 6.07. The van der Waals surface area contributed by atoms with E-state index in [0.29, 0.717) is 24.4 Å². The summed E-state index contributed by atoms with van der Waals surface area (Å²) < 4.78 is 0. The van der Waals surface area contributed by atoms with Gasteiger partial charge in [-0.05, 0) is 57.2 Å². The highest BCUT2D eigenvalue weighted by Gasteiger charge is 2.34. The Balaban J connectivity index is 1.82. The number of hydrogen-bond donors (Lipinski definition) is 1. The van der Waals surface area contributed by atoms with Crippen molar-refractivity contribution in [2.75, 3.05) is 6.54 Å². The SMILES string of the molecule is Cc1ccc2nc(C3CC3)cc(C(=O)N3CCCCC3C(=O)O)c2c1. The number of amides is 1. The van der Waals surface area contributed by atoms with Crippen LogP contribution in [0.2, 0.25) is 0 Å². The van der Waals surface area contributed by atoms with Crippen LogP contribution < -0.4 is 0 Å². The summed E-state index contributed by atoms with van der Waals surface area (Å²) in [5.74, 6) is -0.647. The van der Waals surface area contributed by atoms with Crippen LogP contribution in [0.4, 0.5) is 0 Å². The van der Waals surface area contributed by atoms with Crippen LogP contribution in [0.1, 0.15) is 59.6 Å². The van der Waals surface area contributed by atoms with Gasteiger partial charge in [-0.3, -0.25) is 9.78 Å². The number of carbonyl (C=O) groups is 2. The number of aliphatic carboxylic acids is 1. The van der Waals surface area contributed by atoms with Crippen molar-refractivity contribution < 1.29 is 14.7 Å². The first-order chi connectivity index (χ1) is 12.0. The maximum absolute atomic E-state index is 13.3. The molecule has 130 valence electrons. The summed E-state index contributed by atoms with van der Waals surface area (Å²) in [5.41, 5.74) is 3.45. The molecule has 1 unspecified atom stereocenters. The minimum absolute atomic E-state index is 0.174. The molecule has 1 amide bonds. The standard InChI is InChI=1S/C20H22N2O3/c1-12-5-8-16-14(10-12)15(11-17(21-16)13-6-7-13)19(23)22-9-3-2-4-18(22)20(24)25/h5,8,10-11,13,18H,2-4,6-7,9H2,1H3,(H,24,25). The minimum atomic E-state index is -0.912. The van der Waals surface area contributed by atoms with E-state index in [4.69, 9.17) is 4.98 Å². The first kappa shape index (κ1) is 16.1. The zero-order chi connectivity index (χ0) is 17.6. The lowest BCUT2D eigenvalue weighted by Crippen LogP contribution is -2.48. The van der Waals surface area contributed by atoms with Crippen molar-refractivity contribution in [3.05, 3.63) is 41.1 Å². The van der Waals surface area contributed by atoms with E-state index in [-0.39, 0.29) is 5.91 Å². The van der Waals surface area contributed by atoms with Gasteiger partial charge < -0.3 is 10.0 Å². The molecular weight excluding hydrogens is 316 g/mol. The number of rotatable bonds is 3. The fraction of sp³-hybridized carbons (Fsp3) is 0.450. The van der Waals surface area contributed by atoms with Crippen LogP contribution in [0.15, 0.2) is 24.3 Å². The van der Waals surface area contributed by atoms with E-state index in [1.165, 1.54) is 0 Å². The van der Waals surface area contributed by atoms with E-state index in [2.05, 4.69) is 0 Å². The first-order valence-corrected chi connectivity index (χ1v) is 8.99. The Morgan fingerprint density at radius 2 is 1.96 bits per heavy atom. The van der Waals surface area contributed by atoms with E-state index in [1.807, 2.05) is 31.2 Å². The second-order valence-corrected chi connectivity index (χ2v) is 7.24. The summed E-state index contributed by atoms with van der Waals surface area (Å²) in [6, 6.07) is 7.11. The summed E-state index contributed by atoms with van der Waals surface area (Å²) in [6.45, 7) is 2.49. The van der Waals surface area contributed by atoms with Gasteiger partial charge in [-0.2, -0.15) is 0 Å². The molecule has 2 heterocycles. The minimum Gasteiger partial charge on any atom is -0.480 e. The molecule has 25 heavy (non-hydrogen) atoms. The van der Waals surface area contributed by atoms with Crippen LogP contribution in [-0.2, 0) is 4.79 Å². The van der Waals surface area contributed by atoms with Crippen molar-refractivity contribution in [2.24, 2.45) is 0 Å². The molecule has 1 aromatic carbocycles. The number of likely N-dealkylation sites (tertiary alicyclic amines) is 1. The molecule has 0 bridgehead atoms. The smallest absolute Gasteiger partial charge is 0.326 e. The molecule has 0 spiro atoms. The molecule has 1 N–H and O–H groups in total. The summed E-state index contributed by atoms with van der Waals surface area (Å²) in [6.07, 6.45) is 4.45. The lowest BCUT2D eigenvalue weighted by atomic mass is 9.98. The second-order valence-electron chi connectivity index (χ2n) is 7.24. The zero-order valence-corrected chi connectivity index (χ0v) is 14.4. The Morgan fingerprint density at radius 3 is 2.68 bits per heavy atom. The lowest BCUT2D eigenvalue weighted by Gasteiger charge is -2.33. The van der Waals surface area contributed by atoms with Crippen molar-refractivity contribution in [2.45, 2.75) is 51.0 Å². The molecule has 5 nitrogen and oxygen atoms in total. The van der Waals surface area contributed by atoms with Crippen molar-refractivity contribution in [3.63, 3.8) is 0 Å². The van der Waals surface area contributed by atoms with Gasteiger partial charge in [0.05, 0.1) is 11.1 Å². The predicted octanol–water partition coefficient (Wildman–Crippen LogP) is 3.50. The number of pyridine rings is 1. The van der Waals surface area contributed by atoms with Crippen LogP contribution >= 0.6 is 0 Å². The Kier molecular flexibility index (Phi) is 3.94. The molecule has 1 aliphatic heterocycles. The molecule has 1 saturated carbocycles. The number of piperidine rings is 1. The Hall–Kier alpha value is -2.43. The third-order valence-corrected chi connectivity index (χ3v) is 5.26. The number of aryl methyl sites for hydroxylation is 1. The second kappa shape index (κ2) is 6.14. The predicted molar refractivity (Wildman–Crippen MR) is 94.8 cm³/mol. The molecule has 2 fully saturated rings. The third-order valence-electron chi connectivity index (χ3n) is 5.26. The number of carbonyl (C=O) groups excluding carboxylic acids is 1. The number of fused-ring (bicyclic) bond motifs is 1. The maximum atomic E-state index is 13.3. The number of carboxylic acids is 1. The fourth-order valence-corrected chi connectivity index (χ4v) is 3.71. The van der Waals surface area contributed by atoms with Gasteiger partial charge in [0.1, 0.15) is 6.04 Å². The number of hydrogen-bond acceptors (Lipinski definition) is 3. The van der Waals surface area contributed by atoms with E-state index in [1.54, 1.807) is 4.90 Å². The molecule has 1 saturated heterocycles. The lowest BCUT2D eigenvalue weighted by molar-refractivity contribution is -0.143. The van der Waals surface area contributed by atoms with Crippen LogP contribution in [0.5, 0.6) is 0 Å². The van der Waals surface area contributed by atoms with E-state index in [0.717, 1.165) is 47.8 Å². The summed E-state index contributed by atoms with van der Waals surface area (Å²) >= 11 is 0. The van der Waals surface area contributed by atoms with E-state index in [9.17, 15) is 14.7 Å². The number of carboxylic acid groups (broad SMARTS) is 1. The maximum Gasteiger partial charge on any atom is 0.326 e. The molecule has 1 atom stereocenters. The number of benzene rings is 1. The summed E-state index contributed by atoms with van der Waals surface area (Å²) in [4.78, 5) is 31.1. The zero-order valence-electron chi connectivity index (χ0n) is 14.4. The van der Waals surface area contributed by atoms with Crippen molar-refractivity contribution >= 4 is 22.8 Å². The van der Waals surface area contributed by atoms with E-state index >= 15 is 0 Å². The Morgan fingerprint density at radius 1 is 1.16 bits per heavy atom. The average Bonchev–Trinajstić information content (AvgIpc) is 3.45. The van der Waals surface area contributed by atoms with Gasteiger partial charge in [-0.15, -0.1) is 0 Å². The third kappa shape index (κ3) is 2.99. The van der Waals surface area contributed by atoms with Gasteiger partial charge in [0.25, 0.3) is 5.91 Å². The van der Waals surface area contributed by atoms with Gasteiger partial charge >= 0.3 is 5.97 Å². The highest BCUT2D eigenvalue weighted by atomic mass is 16.4. The molecule has 2 aliphatic rings. The summed E-state index contributed by atoms with van der Waals surface area (Å²) in [5, 5.41) is 10.3. The summed E-state index contributed by atoms with van der Waals surface area (Å²) in [7, 11) is 0. The number of aromatic nitrogens is 1. The molecule has 1 aromatic heterocycles. The molecule has 5 heteroatoms. The van der Waals surface area contributed by atoms with Crippen molar-refractivity contribution in [1.82, 2.24) is 9.88 Å². The monoisotopic (exact) mass is 338 g/mol. The quantitative estimate of drug-likeness (QED) is 0.930. The van der Waals surface area contributed by atoms with Crippen LogP contribution in [0, 0.1) is 6.92 Å². The van der Waals surface area contributed by atoms with Gasteiger partial charge in [0.15, 0.2) is 0 Å². The largest absolute Gasteiger partial charge is 0.480 e. The van der Waals surface area contributed by atoms with Gasteiger partial charge in [-0.25, -0.2) is 4.79 Å². The molecular formula is C20H22N2O3. The van der Waals surface area contributed by atoms with Crippen LogP contribution in [0.25, 0.3) is 10.9 Å². The Labute approximate surface area is 146 Å². The van der Waals surface area contributed by atoms with Gasteiger partial charge in [-0.1, -0.05) is 11.6 Å². The van der Waals surface area contributed by atoms with Crippen LogP contribution in [0.3, 0.4) is 0 Å². The molecule has 2 aromatic rings.